The second kappa shape index (κ2) is 1100. The van der Waals surface area contributed by atoms with Gasteiger partial charge in [0.2, 0.25) is 0 Å². The molecule has 0 spiro atoms. The molecule has 0 aliphatic rings. The predicted molar refractivity (Wildman–Crippen MR) is 27.5 cm³/mol. The summed E-state index contributed by atoms with van der Waals surface area (Å²) in [6.07, 6.45) is 0. The molecule has 0 fully saturated rings. The largest absolute Gasteiger partial charge is 2.00 e. The van der Waals surface area contributed by atoms with Gasteiger partial charge in [-0.05, 0) is 0 Å². The molecule has 0 radical (unpaired) electrons. The van der Waals surface area contributed by atoms with Crippen LogP contribution >= 0.6 is 12.4 Å². The van der Waals surface area contributed by atoms with Crippen LogP contribution in [-0.4, -0.2) is 32.0 Å². The standard InChI is InChI=1S/Be.ClH.4H2O/h;1H;4*1H2/q+2;;;;;. The number of hydrogen-bond donors (Lipinski definition) is 0. The Kier molecular flexibility index (Phi) is 362000. The molecule has 0 unspecified atom stereocenters. The van der Waals surface area contributed by atoms with Gasteiger partial charge in [0.25, 0.3) is 0 Å². The summed E-state index contributed by atoms with van der Waals surface area (Å²) in [5, 5.41) is 0. The van der Waals surface area contributed by atoms with E-state index < -0.39 is 0 Å². The van der Waals surface area contributed by atoms with E-state index in [1.54, 1.807) is 0 Å². The SMILES string of the molecule is Cl.O.O.O.O.[Be+2]. The number of rotatable bonds is 0. The third kappa shape index (κ3) is 524. The molecule has 0 aliphatic heterocycles. The van der Waals surface area contributed by atoms with Crippen LogP contribution in [0.3, 0.4) is 0 Å². The fourth-order valence-corrected chi connectivity index (χ4v) is 0. The Balaban J connectivity index is 0. The Labute approximate surface area is 45.4 Å². The molecular weight excluding hydrogens is 108 g/mol. The average molecular weight is 118 g/mol. The first-order chi connectivity index (χ1) is 0. The van der Waals surface area contributed by atoms with Crippen molar-refractivity contribution in [3.05, 3.63) is 0 Å². The van der Waals surface area contributed by atoms with Gasteiger partial charge in [0.1, 0.15) is 0 Å². The summed E-state index contributed by atoms with van der Waals surface area (Å²) in [7, 11) is 0. The fourth-order valence-electron chi connectivity index (χ4n) is 0. The van der Waals surface area contributed by atoms with Crippen molar-refractivity contribution < 1.29 is 21.9 Å². The van der Waals surface area contributed by atoms with E-state index in [1.165, 1.54) is 0 Å². The van der Waals surface area contributed by atoms with Crippen LogP contribution in [0.1, 0.15) is 0 Å². The molecule has 0 aromatic rings. The van der Waals surface area contributed by atoms with Crippen molar-refractivity contribution in [3.8, 4) is 0 Å². The number of halogens is 1. The van der Waals surface area contributed by atoms with Crippen molar-refractivity contribution in [1.29, 1.82) is 0 Å². The van der Waals surface area contributed by atoms with E-state index in [4.69, 9.17) is 0 Å². The van der Waals surface area contributed by atoms with Crippen LogP contribution in [-0.2, 0) is 0 Å². The summed E-state index contributed by atoms with van der Waals surface area (Å²) in [6, 6.07) is 0. The molecule has 4 nitrogen and oxygen atoms in total. The summed E-state index contributed by atoms with van der Waals surface area (Å²) in [4.78, 5) is 0. The van der Waals surface area contributed by atoms with Gasteiger partial charge >= 0.3 is 10.1 Å². The first-order valence-electron chi connectivity index (χ1n) is 0. The molecule has 0 aromatic heterocycles. The van der Waals surface area contributed by atoms with Crippen LogP contribution < -0.4 is 0 Å². The molecule has 0 aromatic carbocycles. The molecular formula is H9BeClO4+2. The van der Waals surface area contributed by atoms with Crippen molar-refractivity contribution in [2.24, 2.45) is 0 Å². The zero-order valence-electron chi connectivity index (χ0n) is 3.12. The third-order valence-corrected chi connectivity index (χ3v) is 0. The molecule has 0 rings (SSSR count). The van der Waals surface area contributed by atoms with Gasteiger partial charge in [-0.3, -0.25) is 0 Å². The minimum absolute atomic E-state index is 0. The van der Waals surface area contributed by atoms with Crippen LogP contribution in [0.2, 0.25) is 0 Å². The van der Waals surface area contributed by atoms with E-state index in [2.05, 4.69) is 0 Å². The van der Waals surface area contributed by atoms with E-state index in [0.29, 0.717) is 0 Å². The fraction of sp³-hybridized carbons (Fsp3) is 0. The van der Waals surface area contributed by atoms with Crippen molar-refractivity contribution in [3.63, 3.8) is 0 Å². The molecule has 0 saturated carbocycles. The van der Waals surface area contributed by atoms with Crippen molar-refractivity contribution in [1.82, 2.24) is 0 Å². The maximum atomic E-state index is 0. The molecule has 40 valence electrons. The zero-order valence-corrected chi connectivity index (χ0v) is 3.93. The maximum absolute atomic E-state index is 0. The second-order valence-electron chi connectivity index (χ2n) is 0. The Morgan fingerprint density at radius 3 is 0.500 bits per heavy atom. The molecule has 0 heterocycles. The van der Waals surface area contributed by atoms with Gasteiger partial charge in [-0.1, -0.05) is 0 Å². The molecule has 6 heavy (non-hydrogen) atoms. The van der Waals surface area contributed by atoms with Gasteiger partial charge in [-0.25, -0.2) is 0 Å². The Bertz CT molecular complexity index is 7.51. The minimum atomic E-state index is 0. The molecule has 0 aliphatic carbocycles. The Morgan fingerprint density at radius 2 is 0.500 bits per heavy atom. The van der Waals surface area contributed by atoms with E-state index in [1.807, 2.05) is 0 Å². The molecule has 0 amide bonds. The van der Waals surface area contributed by atoms with E-state index >= 15 is 0 Å². The van der Waals surface area contributed by atoms with Crippen LogP contribution in [0.15, 0.2) is 0 Å². The van der Waals surface area contributed by atoms with Gasteiger partial charge in [-0.15, -0.1) is 12.4 Å². The van der Waals surface area contributed by atoms with E-state index in [9.17, 15) is 0 Å². The Morgan fingerprint density at radius 1 is 0.500 bits per heavy atom. The van der Waals surface area contributed by atoms with Crippen molar-refractivity contribution in [2.75, 3.05) is 0 Å². The molecule has 0 saturated heterocycles. The summed E-state index contributed by atoms with van der Waals surface area (Å²) in [5.74, 6) is 0. The average Bonchev–Trinajstić information content (AvgIpc) is 0. The smallest absolute Gasteiger partial charge is 0.412 e. The van der Waals surface area contributed by atoms with Crippen LogP contribution in [0.25, 0.3) is 0 Å². The maximum Gasteiger partial charge on any atom is 2.00 e. The molecule has 8 N–H and O–H groups in total. The van der Waals surface area contributed by atoms with Gasteiger partial charge in [0, 0.05) is 0 Å². The summed E-state index contributed by atoms with van der Waals surface area (Å²) in [6.45, 7) is 0. The van der Waals surface area contributed by atoms with Gasteiger partial charge < -0.3 is 21.9 Å². The predicted octanol–water partition coefficient (Wildman–Crippen LogP) is -3.26. The van der Waals surface area contributed by atoms with Crippen LogP contribution in [0.4, 0.5) is 0 Å². The molecule has 0 bridgehead atoms. The van der Waals surface area contributed by atoms with E-state index in [0.717, 1.165) is 0 Å². The van der Waals surface area contributed by atoms with Crippen LogP contribution in [0, 0.1) is 0 Å². The first-order valence-corrected chi connectivity index (χ1v) is 0. The van der Waals surface area contributed by atoms with E-state index in [-0.39, 0.29) is 44.4 Å². The van der Waals surface area contributed by atoms with Gasteiger partial charge in [0.05, 0.1) is 0 Å². The van der Waals surface area contributed by atoms with Crippen molar-refractivity contribution in [2.45, 2.75) is 0 Å². The molecule has 0 atom stereocenters. The first kappa shape index (κ1) is 1980. The summed E-state index contributed by atoms with van der Waals surface area (Å²) >= 11 is 0. The second-order valence-corrected chi connectivity index (χ2v) is 0. The van der Waals surface area contributed by atoms with Crippen molar-refractivity contribution >= 4 is 22.5 Å². The zero-order chi connectivity index (χ0) is 0. The Hall–Kier alpha value is 0.299. The topological polar surface area (TPSA) is 126 Å². The van der Waals surface area contributed by atoms with Crippen LogP contribution in [0.5, 0.6) is 0 Å². The monoisotopic (exact) mass is 117 g/mol. The quantitative estimate of drug-likeness (QED) is 0.295. The summed E-state index contributed by atoms with van der Waals surface area (Å²) < 4.78 is 0. The number of hydrogen-bond acceptors (Lipinski definition) is 0. The summed E-state index contributed by atoms with van der Waals surface area (Å²) in [5.41, 5.74) is 0. The molecule has 6 heteroatoms. The third-order valence-electron chi connectivity index (χ3n) is 0. The normalized spacial score (nSPS) is 0. The van der Waals surface area contributed by atoms with Gasteiger partial charge in [0.15, 0.2) is 0 Å². The minimum Gasteiger partial charge on any atom is -0.412 e. The van der Waals surface area contributed by atoms with Gasteiger partial charge in [-0.2, -0.15) is 0 Å².